The molecule has 1 aromatic heterocycles. The maximum atomic E-state index is 5.81. The number of aromatic nitrogens is 2. The Hall–Kier alpha value is -3.08. The van der Waals surface area contributed by atoms with Crippen LogP contribution in [0.2, 0.25) is 0 Å². The fraction of sp³-hybridized carbons (Fsp3) is 0.304. The number of piperazine rings is 1. The molecule has 0 amide bonds. The van der Waals surface area contributed by atoms with Crippen molar-refractivity contribution in [2.45, 2.75) is 20.3 Å². The van der Waals surface area contributed by atoms with Crippen molar-refractivity contribution in [3.63, 3.8) is 0 Å². The van der Waals surface area contributed by atoms with Crippen LogP contribution in [0.1, 0.15) is 18.1 Å². The number of rotatable bonds is 5. The van der Waals surface area contributed by atoms with Crippen LogP contribution in [0, 0.1) is 6.92 Å². The molecule has 1 aliphatic rings. The summed E-state index contributed by atoms with van der Waals surface area (Å²) in [6.45, 7) is 8.10. The van der Waals surface area contributed by atoms with Crippen LogP contribution < -0.4 is 14.5 Å². The zero-order valence-electron chi connectivity index (χ0n) is 16.5. The van der Waals surface area contributed by atoms with Crippen molar-refractivity contribution in [3.8, 4) is 11.6 Å². The van der Waals surface area contributed by atoms with E-state index < -0.39 is 0 Å². The van der Waals surface area contributed by atoms with Crippen LogP contribution in [0.5, 0.6) is 11.6 Å². The zero-order valence-corrected chi connectivity index (χ0v) is 16.5. The lowest BCUT2D eigenvalue weighted by Crippen LogP contribution is -2.46. The predicted molar refractivity (Wildman–Crippen MR) is 114 cm³/mol. The Morgan fingerprint density at radius 3 is 2.25 bits per heavy atom. The molecular formula is C23H26N4O. The van der Waals surface area contributed by atoms with Crippen LogP contribution in [-0.4, -0.2) is 36.4 Å². The highest BCUT2D eigenvalue weighted by atomic mass is 16.5. The van der Waals surface area contributed by atoms with E-state index in [0.29, 0.717) is 5.88 Å². The molecule has 0 atom stereocenters. The SMILES string of the molecule is CCc1ccc(Oc2ccc(N3CCN(c4cccc(C)c4)CC3)nn2)cc1. The lowest BCUT2D eigenvalue weighted by molar-refractivity contribution is 0.454. The summed E-state index contributed by atoms with van der Waals surface area (Å²) in [5, 5.41) is 8.63. The molecule has 28 heavy (non-hydrogen) atoms. The minimum absolute atomic E-state index is 0.520. The third-order valence-corrected chi connectivity index (χ3v) is 5.15. The second-order valence-electron chi connectivity index (χ2n) is 7.14. The molecule has 1 aliphatic heterocycles. The first-order valence-corrected chi connectivity index (χ1v) is 9.88. The van der Waals surface area contributed by atoms with Gasteiger partial charge in [-0.05, 0) is 54.8 Å². The second-order valence-corrected chi connectivity index (χ2v) is 7.14. The van der Waals surface area contributed by atoms with Gasteiger partial charge in [-0.1, -0.05) is 31.2 Å². The Balaban J connectivity index is 1.35. The van der Waals surface area contributed by atoms with Gasteiger partial charge in [0, 0.05) is 37.9 Å². The van der Waals surface area contributed by atoms with Crippen molar-refractivity contribution in [1.82, 2.24) is 10.2 Å². The number of hydrogen-bond donors (Lipinski definition) is 0. The molecule has 1 saturated heterocycles. The van der Waals surface area contributed by atoms with Gasteiger partial charge in [0.1, 0.15) is 5.75 Å². The summed E-state index contributed by atoms with van der Waals surface area (Å²) in [5.41, 5.74) is 3.88. The molecular weight excluding hydrogens is 348 g/mol. The van der Waals surface area contributed by atoms with Crippen LogP contribution in [0.3, 0.4) is 0 Å². The van der Waals surface area contributed by atoms with Gasteiger partial charge in [0.05, 0.1) is 0 Å². The van der Waals surface area contributed by atoms with E-state index in [2.05, 4.69) is 70.2 Å². The first kappa shape index (κ1) is 18.3. The van der Waals surface area contributed by atoms with Crippen LogP contribution in [0.4, 0.5) is 11.5 Å². The molecule has 0 N–H and O–H groups in total. The summed E-state index contributed by atoms with van der Waals surface area (Å²) in [5.74, 6) is 2.20. The number of nitrogens with zero attached hydrogens (tertiary/aromatic N) is 4. The summed E-state index contributed by atoms with van der Waals surface area (Å²) in [6.07, 6.45) is 1.02. The van der Waals surface area contributed by atoms with Gasteiger partial charge >= 0.3 is 0 Å². The van der Waals surface area contributed by atoms with Gasteiger partial charge in [-0.2, -0.15) is 0 Å². The maximum absolute atomic E-state index is 5.81. The molecule has 3 aromatic rings. The first-order valence-electron chi connectivity index (χ1n) is 9.88. The molecule has 144 valence electrons. The summed E-state index contributed by atoms with van der Waals surface area (Å²) in [4.78, 5) is 4.70. The van der Waals surface area contributed by atoms with Crippen molar-refractivity contribution in [2.24, 2.45) is 0 Å². The molecule has 1 fully saturated rings. The highest BCUT2D eigenvalue weighted by molar-refractivity contribution is 5.51. The van der Waals surface area contributed by atoms with E-state index in [9.17, 15) is 0 Å². The van der Waals surface area contributed by atoms with E-state index in [1.807, 2.05) is 24.3 Å². The largest absolute Gasteiger partial charge is 0.438 e. The molecule has 0 spiro atoms. The Morgan fingerprint density at radius 1 is 0.857 bits per heavy atom. The average molecular weight is 374 g/mol. The number of aryl methyl sites for hydroxylation is 2. The lowest BCUT2D eigenvalue weighted by Gasteiger charge is -2.36. The predicted octanol–water partition coefficient (Wildman–Crippen LogP) is 4.47. The molecule has 4 rings (SSSR count). The molecule has 2 aromatic carbocycles. The number of hydrogen-bond acceptors (Lipinski definition) is 5. The smallest absolute Gasteiger partial charge is 0.238 e. The van der Waals surface area contributed by atoms with Crippen molar-refractivity contribution in [1.29, 1.82) is 0 Å². The summed E-state index contributed by atoms with van der Waals surface area (Å²) < 4.78 is 5.81. The molecule has 0 bridgehead atoms. The van der Waals surface area contributed by atoms with Gasteiger partial charge in [0.2, 0.25) is 5.88 Å². The zero-order chi connectivity index (χ0) is 19.3. The van der Waals surface area contributed by atoms with E-state index in [1.165, 1.54) is 16.8 Å². The van der Waals surface area contributed by atoms with Gasteiger partial charge in [-0.25, -0.2) is 0 Å². The third-order valence-electron chi connectivity index (χ3n) is 5.15. The fourth-order valence-electron chi connectivity index (χ4n) is 3.47. The van der Waals surface area contributed by atoms with Gasteiger partial charge in [0.25, 0.3) is 0 Å². The van der Waals surface area contributed by atoms with E-state index in [4.69, 9.17) is 4.74 Å². The van der Waals surface area contributed by atoms with Gasteiger partial charge in [0.15, 0.2) is 5.82 Å². The summed E-state index contributed by atoms with van der Waals surface area (Å²) >= 11 is 0. The lowest BCUT2D eigenvalue weighted by atomic mass is 10.2. The fourth-order valence-corrected chi connectivity index (χ4v) is 3.47. The van der Waals surface area contributed by atoms with Gasteiger partial charge < -0.3 is 14.5 Å². The van der Waals surface area contributed by atoms with Crippen molar-refractivity contribution in [3.05, 3.63) is 71.8 Å². The highest BCUT2D eigenvalue weighted by Crippen LogP contribution is 2.23. The Kier molecular flexibility index (Phi) is 5.42. The quantitative estimate of drug-likeness (QED) is 0.659. The third kappa shape index (κ3) is 4.25. The molecule has 0 saturated carbocycles. The van der Waals surface area contributed by atoms with Gasteiger partial charge in [-0.3, -0.25) is 0 Å². The number of benzene rings is 2. The first-order chi connectivity index (χ1) is 13.7. The summed E-state index contributed by atoms with van der Waals surface area (Å²) in [6, 6.07) is 20.7. The molecule has 5 nitrogen and oxygen atoms in total. The highest BCUT2D eigenvalue weighted by Gasteiger charge is 2.18. The minimum Gasteiger partial charge on any atom is -0.438 e. The van der Waals surface area contributed by atoms with Crippen LogP contribution in [0.25, 0.3) is 0 Å². The topological polar surface area (TPSA) is 41.5 Å². The second kappa shape index (κ2) is 8.30. The standard InChI is InChI=1S/C23H26N4O/c1-3-19-7-9-21(10-8-19)28-23-12-11-22(24-25-23)27-15-13-26(14-16-27)20-6-4-5-18(2)17-20/h4-12,17H,3,13-16H2,1-2H3. The monoisotopic (exact) mass is 374 g/mol. The van der Waals surface area contributed by atoms with Crippen molar-refractivity contribution < 1.29 is 4.74 Å². The number of ether oxygens (including phenoxy) is 1. The summed E-state index contributed by atoms with van der Waals surface area (Å²) in [7, 11) is 0. The van der Waals surface area contributed by atoms with Crippen LogP contribution in [-0.2, 0) is 6.42 Å². The molecule has 0 unspecified atom stereocenters. The van der Waals surface area contributed by atoms with E-state index in [0.717, 1.165) is 44.2 Å². The molecule has 0 aliphatic carbocycles. The van der Waals surface area contributed by atoms with E-state index in [-0.39, 0.29) is 0 Å². The van der Waals surface area contributed by atoms with Crippen molar-refractivity contribution >= 4 is 11.5 Å². The molecule has 0 radical (unpaired) electrons. The Morgan fingerprint density at radius 2 is 1.61 bits per heavy atom. The maximum Gasteiger partial charge on any atom is 0.238 e. The molecule has 2 heterocycles. The van der Waals surface area contributed by atoms with Crippen LogP contribution in [0.15, 0.2) is 60.7 Å². The Labute approximate surface area is 166 Å². The number of anilines is 2. The van der Waals surface area contributed by atoms with Crippen molar-refractivity contribution in [2.75, 3.05) is 36.0 Å². The molecule has 5 heteroatoms. The van der Waals surface area contributed by atoms with Crippen LogP contribution >= 0.6 is 0 Å². The van der Waals surface area contributed by atoms with Gasteiger partial charge in [-0.15, -0.1) is 10.2 Å². The normalized spacial score (nSPS) is 14.2. The Bertz CT molecular complexity index is 901. The van der Waals surface area contributed by atoms with E-state index in [1.54, 1.807) is 0 Å². The minimum atomic E-state index is 0.520. The van der Waals surface area contributed by atoms with E-state index >= 15 is 0 Å². The average Bonchev–Trinajstić information content (AvgIpc) is 2.75.